The van der Waals surface area contributed by atoms with E-state index >= 15 is 0 Å². The van der Waals surface area contributed by atoms with Gasteiger partial charge in [-0.3, -0.25) is 4.79 Å². The number of carbonyl (C=O) groups is 1. The number of hydrogen-bond acceptors (Lipinski definition) is 3. The van der Waals surface area contributed by atoms with Crippen LogP contribution in [-0.2, 0) is 0 Å². The highest BCUT2D eigenvalue weighted by Crippen LogP contribution is 2.30. The van der Waals surface area contributed by atoms with E-state index in [2.05, 4.69) is 0 Å². The van der Waals surface area contributed by atoms with Gasteiger partial charge in [-0.2, -0.15) is 5.26 Å². The summed E-state index contributed by atoms with van der Waals surface area (Å²) in [4.78, 5) is 10.9. The lowest BCUT2D eigenvalue weighted by molar-refractivity contribution is 0.112. The molecule has 0 aliphatic heterocycles. The lowest BCUT2D eigenvalue weighted by Gasteiger charge is -2.09. The molecule has 0 unspecified atom stereocenters. The summed E-state index contributed by atoms with van der Waals surface area (Å²) >= 11 is 5.81. The molecule has 0 bridgehead atoms. The number of aldehydes is 1. The fourth-order valence-corrected chi connectivity index (χ4v) is 1.67. The summed E-state index contributed by atoms with van der Waals surface area (Å²) in [6.07, 6.45) is 0.594. The monoisotopic (exact) mass is 275 g/mol. The Balaban J connectivity index is 2.48. The van der Waals surface area contributed by atoms with Crippen molar-refractivity contribution >= 4 is 17.9 Å². The van der Waals surface area contributed by atoms with Crippen LogP contribution in [-0.4, -0.2) is 6.29 Å². The first-order valence-corrected chi connectivity index (χ1v) is 5.64. The SMILES string of the molecule is N#Cc1c(F)cccc1Oc1cc(Cl)ccc1C=O. The minimum Gasteiger partial charge on any atom is -0.455 e. The number of benzene rings is 2. The molecule has 2 rings (SSSR count). The Bertz CT molecular complexity index is 680. The van der Waals surface area contributed by atoms with Gasteiger partial charge in [0.05, 0.1) is 5.56 Å². The fourth-order valence-electron chi connectivity index (χ4n) is 1.51. The van der Waals surface area contributed by atoms with Crippen molar-refractivity contribution in [1.82, 2.24) is 0 Å². The lowest BCUT2D eigenvalue weighted by atomic mass is 10.2. The molecule has 0 amide bonds. The van der Waals surface area contributed by atoms with Gasteiger partial charge in [0, 0.05) is 11.1 Å². The minimum absolute atomic E-state index is 0.0351. The molecule has 0 radical (unpaired) electrons. The number of rotatable bonds is 3. The van der Waals surface area contributed by atoms with E-state index < -0.39 is 5.82 Å². The van der Waals surface area contributed by atoms with Crippen molar-refractivity contribution in [2.24, 2.45) is 0 Å². The van der Waals surface area contributed by atoms with Crippen LogP contribution in [0.25, 0.3) is 0 Å². The maximum absolute atomic E-state index is 13.4. The van der Waals surface area contributed by atoms with Crippen LogP contribution >= 0.6 is 11.6 Å². The average molecular weight is 276 g/mol. The summed E-state index contributed by atoms with van der Waals surface area (Å²) in [5.41, 5.74) is 0.0388. The highest BCUT2D eigenvalue weighted by atomic mass is 35.5. The highest BCUT2D eigenvalue weighted by Gasteiger charge is 2.12. The maximum Gasteiger partial charge on any atom is 0.153 e. The molecule has 94 valence electrons. The third kappa shape index (κ3) is 2.72. The molecular weight excluding hydrogens is 269 g/mol. The Hall–Kier alpha value is -2.38. The predicted molar refractivity (Wildman–Crippen MR) is 68.0 cm³/mol. The number of hydrogen-bond donors (Lipinski definition) is 0. The Labute approximate surface area is 113 Å². The van der Waals surface area contributed by atoms with Gasteiger partial charge < -0.3 is 4.74 Å². The smallest absolute Gasteiger partial charge is 0.153 e. The van der Waals surface area contributed by atoms with Gasteiger partial charge in [0.15, 0.2) is 6.29 Å². The summed E-state index contributed by atoms with van der Waals surface area (Å²) in [6.45, 7) is 0. The Morgan fingerprint density at radius 2 is 2.05 bits per heavy atom. The molecule has 0 atom stereocenters. The second-order valence-electron chi connectivity index (χ2n) is 3.63. The third-order valence-corrected chi connectivity index (χ3v) is 2.64. The van der Waals surface area contributed by atoms with Crippen LogP contribution < -0.4 is 4.74 Å². The van der Waals surface area contributed by atoms with Crippen LogP contribution in [0.2, 0.25) is 5.02 Å². The average Bonchev–Trinajstić information content (AvgIpc) is 2.39. The summed E-state index contributed by atoms with van der Waals surface area (Å²) < 4.78 is 18.8. The van der Waals surface area contributed by atoms with Crippen molar-refractivity contribution < 1.29 is 13.9 Å². The van der Waals surface area contributed by atoms with Crippen molar-refractivity contribution in [2.45, 2.75) is 0 Å². The first-order valence-electron chi connectivity index (χ1n) is 5.27. The second-order valence-corrected chi connectivity index (χ2v) is 4.06. The molecule has 5 heteroatoms. The predicted octanol–water partition coefficient (Wildman–Crippen LogP) is 3.96. The minimum atomic E-state index is -0.685. The summed E-state index contributed by atoms with van der Waals surface area (Å²) in [7, 11) is 0. The highest BCUT2D eigenvalue weighted by molar-refractivity contribution is 6.30. The van der Waals surface area contributed by atoms with Crippen molar-refractivity contribution in [2.75, 3.05) is 0 Å². The molecule has 0 aromatic heterocycles. The van der Waals surface area contributed by atoms with Crippen LogP contribution in [0.3, 0.4) is 0 Å². The molecule has 0 fully saturated rings. The largest absolute Gasteiger partial charge is 0.455 e. The zero-order valence-electron chi connectivity index (χ0n) is 9.56. The van der Waals surface area contributed by atoms with Gasteiger partial charge in [0.25, 0.3) is 0 Å². The number of nitrogens with zero attached hydrogens (tertiary/aromatic N) is 1. The Morgan fingerprint density at radius 3 is 2.74 bits per heavy atom. The van der Waals surface area contributed by atoms with Gasteiger partial charge in [-0.25, -0.2) is 4.39 Å². The molecule has 0 aliphatic carbocycles. The van der Waals surface area contributed by atoms with Crippen LogP contribution in [0, 0.1) is 17.1 Å². The number of ether oxygens (including phenoxy) is 1. The van der Waals surface area contributed by atoms with E-state index in [1.165, 1.54) is 30.3 Å². The van der Waals surface area contributed by atoms with Crippen molar-refractivity contribution in [1.29, 1.82) is 5.26 Å². The van der Waals surface area contributed by atoms with Crippen molar-refractivity contribution in [3.63, 3.8) is 0 Å². The van der Waals surface area contributed by atoms with Gasteiger partial charge in [-0.05, 0) is 24.3 Å². The standard InChI is InChI=1S/C14H7ClFNO2/c15-10-5-4-9(8-18)14(6-10)19-13-3-1-2-12(16)11(13)7-17/h1-6,8H. The first kappa shape index (κ1) is 13.1. The van der Waals surface area contributed by atoms with E-state index in [-0.39, 0.29) is 22.6 Å². The van der Waals surface area contributed by atoms with E-state index in [9.17, 15) is 9.18 Å². The van der Waals surface area contributed by atoms with Gasteiger partial charge in [-0.15, -0.1) is 0 Å². The first-order chi connectivity index (χ1) is 9.15. The molecule has 19 heavy (non-hydrogen) atoms. The van der Waals surface area contributed by atoms with E-state index in [4.69, 9.17) is 21.6 Å². The summed E-state index contributed by atoms with van der Waals surface area (Å²) in [5, 5.41) is 9.26. The maximum atomic E-state index is 13.4. The fraction of sp³-hybridized carbons (Fsp3) is 0. The Morgan fingerprint density at radius 1 is 1.26 bits per heavy atom. The number of halogens is 2. The lowest BCUT2D eigenvalue weighted by Crippen LogP contribution is -1.94. The van der Waals surface area contributed by atoms with Crippen LogP contribution in [0.1, 0.15) is 15.9 Å². The van der Waals surface area contributed by atoms with Crippen molar-refractivity contribution in [3.05, 3.63) is 58.4 Å². The van der Waals surface area contributed by atoms with Crippen LogP contribution in [0.5, 0.6) is 11.5 Å². The van der Waals surface area contributed by atoms with Gasteiger partial charge >= 0.3 is 0 Å². The third-order valence-electron chi connectivity index (χ3n) is 2.41. The van der Waals surface area contributed by atoms with E-state index in [1.54, 1.807) is 6.07 Å². The van der Waals surface area contributed by atoms with Crippen LogP contribution in [0.4, 0.5) is 4.39 Å². The molecule has 2 aromatic carbocycles. The van der Waals surface area contributed by atoms with E-state index in [0.29, 0.717) is 11.3 Å². The number of nitriles is 1. The number of carbonyl (C=O) groups excluding carboxylic acids is 1. The molecule has 0 heterocycles. The zero-order chi connectivity index (χ0) is 13.8. The normalized spacial score (nSPS) is 9.74. The quantitative estimate of drug-likeness (QED) is 0.797. The molecule has 2 aromatic rings. The summed E-state index contributed by atoms with van der Waals surface area (Å²) in [6, 6.07) is 10.2. The van der Waals surface area contributed by atoms with Crippen LogP contribution in [0.15, 0.2) is 36.4 Å². The van der Waals surface area contributed by atoms with Gasteiger partial charge in [0.2, 0.25) is 0 Å². The molecule has 0 aliphatic rings. The van der Waals surface area contributed by atoms with E-state index in [0.717, 1.165) is 6.07 Å². The zero-order valence-corrected chi connectivity index (χ0v) is 10.3. The molecule has 0 saturated carbocycles. The molecular formula is C14H7ClFNO2. The summed E-state index contributed by atoms with van der Waals surface area (Å²) in [5.74, 6) is -0.479. The molecule has 0 spiro atoms. The van der Waals surface area contributed by atoms with E-state index in [1.807, 2.05) is 0 Å². The molecule has 0 saturated heterocycles. The second kappa shape index (κ2) is 5.51. The molecule has 3 nitrogen and oxygen atoms in total. The topological polar surface area (TPSA) is 50.1 Å². The van der Waals surface area contributed by atoms with Gasteiger partial charge in [0.1, 0.15) is 28.9 Å². The van der Waals surface area contributed by atoms with Gasteiger partial charge in [-0.1, -0.05) is 17.7 Å². The molecule has 0 N–H and O–H groups in total. The van der Waals surface area contributed by atoms with Crippen molar-refractivity contribution in [3.8, 4) is 17.6 Å². The Kier molecular flexibility index (Phi) is 3.79.